The van der Waals surface area contributed by atoms with Gasteiger partial charge < -0.3 is 19.5 Å². The summed E-state index contributed by atoms with van der Waals surface area (Å²) in [6.07, 6.45) is 2.46. The van der Waals surface area contributed by atoms with Crippen molar-refractivity contribution in [3.63, 3.8) is 0 Å². The highest BCUT2D eigenvalue weighted by molar-refractivity contribution is 5.98. The third kappa shape index (κ3) is 3.54. The third-order valence-corrected chi connectivity index (χ3v) is 4.36. The number of hydrogen-bond acceptors (Lipinski definition) is 4. The summed E-state index contributed by atoms with van der Waals surface area (Å²) in [6.45, 7) is 1.82. The van der Waals surface area contributed by atoms with Crippen molar-refractivity contribution in [2.24, 2.45) is 0 Å². The van der Waals surface area contributed by atoms with Crippen molar-refractivity contribution < 1.29 is 24.2 Å². The highest BCUT2D eigenvalue weighted by Gasteiger charge is 2.35. The van der Waals surface area contributed by atoms with Crippen LogP contribution in [0.1, 0.15) is 30.7 Å². The van der Waals surface area contributed by atoms with Gasteiger partial charge in [-0.1, -0.05) is 18.2 Å². The molecule has 0 bridgehead atoms. The molecule has 2 aliphatic rings. The summed E-state index contributed by atoms with van der Waals surface area (Å²) in [4.78, 5) is 25.3. The van der Waals surface area contributed by atoms with Crippen LogP contribution in [0.25, 0.3) is 0 Å². The van der Waals surface area contributed by atoms with Crippen LogP contribution in [-0.2, 0) is 19.1 Å². The maximum Gasteiger partial charge on any atom is 0.312 e. The lowest BCUT2D eigenvalue weighted by atomic mass is 10.0. The van der Waals surface area contributed by atoms with E-state index < -0.39 is 11.9 Å². The topological polar surface area (TPSA) is 76.1 Å². The van der Waals surface area contributed by atoms with Crippen LogP contribution in [0.2, 0.25) is 0 Å². The number of carbonyl (C=O) groups is 2. The molecule has 2 atom stereocenters. The van der Waals surface area contributed by atoms with Crippen molar-refractivity contribution >= 4 is 17.6 Å². The molecule has 1 N–H and O–H groups in total. The second-order valence-electron chi connectivity index (χ2n) is 5.91. The number of carbonyl (C=O) groups excluding carboxylic acids is 1. The van der Waals surface area contributed by atoms with Gasteiger partial charge in [0.05, 0.1) is 25.7 Å². The van der Waals surface area contributed by atoms with E-state index in [2.05, 4.69) is 0 Å². The van der Waals surface area contributed by atoms with Crippen LogP contribution in [0.5, 0.6) is 0 Å². The van der Waals surface area contributed by atoms with Crippen LogP contribution in [0.15, 0.2) is 24.3 Å². The molecule has 1 amide bonds. The molecular weight excluding hydrogens is 298 g/mol. The fourth-order valence-electron chi connectivity index (χ4n) is 3.14. The number of hydrogen-bond donors (Lipinski definition) is 1. The minimum absolute atomic E-state index is 0.103. The highest BCUT2D eigenvalue weighted by atomic mass is 16.5. The molecule has 2 unspecified atom stereocenters. The van der Waals surface area contributed by atoms with Gasteiger partial charge in [-0.25, -0.2) is 0 Å². The Kier molecular flexibility index (Phi) is 4.93. The fourth-order valence-corrected chi connectivity index (χ4v) is 3.14. The Hall–Kier alpha value is -1.92. The first-order chi connectivity index (χ1) is 11.2. The molecule has 6 heteroatoms. The molecule has 1 aromatic rings. The fraction of sp³-hybridized carbons (Fsp3) is 0.529. The van der Waals surface area contributed by atoms with Crippen molar-refractivity contribution in [2.45, 2.75) is 31.3 Å². The summed E-state index contributed by atoms with van der Waals surface area (Å²) < 4.78 is 11.0. The number of rotatable bonds is 6. The molecular formula is C17H21NO5. The largest absolute Gasteiger partial charge is 0.481 e. The van der Waals surface area contributed by atoms with Crippen LogP contribution in [0.3, 0.4) is 0 Å². The Morgan fingerprint density at radius 2 is 2.17 bits per heavy atom. The Morgan fingerprint density at radius 1 is 1.35 bits per heavy atom. The lowest BCUT2D eigenvalue weighted by Gasteiger charge is -2.18. The van der Waals surface area contributed by atoms with E-state index in [0.717, 1.165) is 19.4 Å². The minimum atomic E-state index is -0.901. The van der Waals surface area contributed by atoms with Crippen molar-refractivity contribution in [1.82, 2.24) is 0 Å². The van der Waals surface area contributed by atoms with E-state index in [1.165, 1.54) is 0 Å². The molecule has 0 radical (unpaired) electrons. The van der Waals surface area contributed by atoms with Gasteiger partial charge in [0.1, 0.15) is 5.92 Å². The zero-order chi connectivity index (χ0) is 16.2. The summed E-state index contributed by atoms with van der Waals surface area (Å²) >= 11 is 0. The van der Waals surface area contributed by atoms with E-state index in [9.17, 15) is 14.7 Å². The molecule has 0 aromatic heterocycles. The maximum atomic E-state index is 12.4. The Bertz CT molecular complexity index is 582. The van der Waals surface area contributed by atoms with Gasteiger partial charge in [-0.05, 0) is 24.5 Å². The van der Waals surface area contributed by atoms with Crippen molar-refractivity contribution in [2.75, 3.05) is 31.3 Å². The molecule has 3 rings (SSSR count). The maximum absolute atomic E-state index is 12.4. The Labute approximate surface area is 135 Å². The van der Waals surface area contributed by atoms with Crippen LogP contribution in [0.4, 0.5) is 5.69 Å². The van der Waals surface area contributed by atoms with Gasteiger partial charge in [0.2, 0.25) is 5.91 Å². The van der Waals surface area contributed by atoms with Crippen molar-refractivity contribution in [3.05, 3.63) is 29.8 Å². The van der Waals surface area contributed by atoms with Crippen LogP contribution >= 0.6 is 0 Å². The second kappa shape index (κ2) is 7.10. The molecule has 2 heterocycles. The first-order valence-corrected chi connectivity index (χ1v) is 7.98. The van der Waals surface area contributed by atoms with Gasteiger partial charge >= 0.3 is 5.97 Å². The smallest absolute Gasteiger partial charge is 0.312 e. The zero-order valence-electron chi connectivity index (χ0n) is 12.9. The molecule has 1 saturated heterocycles. The number of carboxylic acid groups (broad SMARTS) is 1. The predicted molar refractivity (Wildman–Crippen MR) is 83.6 cm³/mol. The normalized spacial score (nSPS) is 23.0. The molecule has 1 aromatic carbocycles. The number of aliphatic carboxylic acids is 1. The molecule has 0 aliphatic carbocycles. The molecule has 0 spiro atoms. The number of ether oxygens (including phenoxy) is 2. The van der Waals surface area contributed by atoms with E-state index in [1.807, 2.05) is 6.07 Å². The lowest BCUT2D eigenvalue weighted by molar-refractivity contribution is -0.138. The van der Waals surface area contributed by atoms with Crippen molar-refractivity contribution in [1.29, 1.82) is 0 Å². The lowest BCUT2D eigenvalue weighted by Crippen LogP contribution is -2.32. The quantitative estimate of drug-likeness (QED) is 0.809. The predicted octanol–water partition coefficient (Wildman–Crippen LogP) is 1.79. The molecule has 1 fully saturated rings. The van der Waals surface area contributed by atoms with Gasteiger partial charge in [0.25, 0.3) is 0 Å². The number of amides is 1. The van der Waals surface area contributed by atoms with E-state index in [4.69, 9.17) is 9.47 Å². The summed E-state index contributed by atoms with van der Waals surface area (Å²) in [5, 5.41) is 9.32. The summed E-state index contributed by atoms with van der Waals surface area (Å²) in [7, 11) is 0. The van der Waals surface area contributed by atoms with E-state index in [0.29, 0.717) is 24.5 Å². The number of para-hydroxylation sites is 1. The average Bonchev–Trinajstić information content (AvgIpc) is 3.18. The van der Waals surface area contributed by atoms with Gasteiger partial charge in [-0.15, -0.1) is 0 Å². The Balaban J connectivity index is 1.54. The molecule has 124 valence electrons. The number of benzene rings is 1. The van der Waals surface area contributed by atoms with Gasteiger partial charge in [-0.3, -0.25) is 9.59 Å². The minimum Gasteiger partial charge on any atom is -0.481 e. The summed E-state index contributed by atoms with van der Waals surface area (Å²) in [5.74, 6) is -1.65. The monoisotopic (exact) mass is 319 g/mol. The first kappa shape index (κ1) is 16.0. The van der Waals surface area contributed by atoms with E-state index >= 15 is 0 Å². The number of nitrogens with zero attached hydrogens (tertiary/aromatic N) is 1. The van der Waals surface area contributed by atoms with Crippen molar-refractivity contribution in [3.8, 4) is 0 Å². The molecule has 0 saturated carbocycles. The second-order valence-corrected chi connectivity index (χ2v) is 5.91. The number of anilines is 1. The summed E-state index contributed by atoms with van der Waals surface area (Å²) in [6, 6.07) is 7.18. The molecule has 6 nitrogen and oxygen atoms in total. The SMILES string of the molecule is O=C(O)C1CN(C(=O)CCOCC2CCCO2)c2ccccc21. The number of carboxylic acids is 1. The zero-order valence-corrected chi connectivity index (χ0v) is 12.9. The van der Waals surface area contributed by atoms with E-state index in [-0.39, 0.29) is 25.0 Å². The van der Waals surface area contributed by atoms with Crippen LogP contribution in [-0.4, -0.2) is 49.5 Å². The standard InChI is InChI=1S/C17H21NO5/c19-16(7-9-22-11-12-4-3-8-23-12)18-10-14(17(20)21)13-5-1-2-6-15(13)18/h1-2,5-6,12,14H,3-4,7-11H2,(H,20,21). The highest BCUT2D eigenvalue weighted by Crippen LogP contribution is 2.36. The van der Waals surface area contributed by atoms with Gasteiger partial charge in [-0.2, -0.15) is 0 Å². The van der Waals surface area contributed by atoms with Gasteiger partial charge in [0.15, 0.2) is 0 Å². The number of fused-ring (bicyclic) bond motifs is 1. The third-order valence-electron chi connectivity index (χ3n) is 4.36. The molecule has 2 aliphatic heterocycles. The van der Waals surface area contributed by atoms with Crippen LogP contribution in [0, 0.1) is 0 Å². The Morgan fingerprint density at radius 3 is 2.91 bits per heavy atom. The van der Waals surface area contributed by atoms with Gasteiger partial charge in [0, 0.05) is 18.8 Å². The molecule has 23 heavy (non-hydrogen) atoms. The average molecular weight is 319 g/mol. The summed E-state index contributed by atoms with van der Waals surface area (Å²) in [5.41, 5.74) is 1.40. The van der Waals surface area contributed by atoms with E-state index in [1.54, 1.807) is 23.1 Å². The van der Waals surface area contributed by atoms with Crippen LogP contribution < -0.4 is 4.90 Å². The first-order valence-electron chi connectivity index (χ1n) is 7.98.